The van der Waals surface area contributed by atoms with Gasteiger partial charge >= 0.3 is 0 Å². The molecule has 1 aliphatic rings. The molecule has 1 aromatic heterocycles. The summed E-state index contributed by atoms with van der Waals surface area (Å²) in [5, 5.41) is 0.545. The first-order valence-corrected chi connectivity index (χ1v) is 6.96. The van der Waals surface area contributed by atoms with Crippen LogP contribution in [0.5, 0.6) is 0 Å². The smallest absolute Gasteiger partial charge is 0.239 e. The van der Waals surface area contributed by atoms with E-state index in [1.165, 1.54) is 11.1 Å². The number of hydrazine groups is 1. The van der Waals surface area contributed by atoms with Crippen LogP contribution < -0.4 is 16.2 Å². The predicted molar refractivity (Wildman–Crippen MR) is 80.7 cm³/mol. The summed E-state index contributed by atoms with van der Waals surface area (Å²) in [6.07, 6.45) is 3.73. The fourth-order valence-electron chi connectivity index (χ4n) is 2.53. The summed E-state index contributed by atoms with van der Waals surface area (Å²) in [5.41, 5.74) is 5.18. The van der Waals surface area contributed by atoms with Crippen LogP contribution in [0, 0.1) is 0 Å². The van der Waals surface area contributed by atoms with Crippen molar-refractivity contribution in [1.82, 2.24) is 9.97 Å². The molecule has 0 aliphatic carbocycles. The lowest BCUT2D eigenvalue weighted by Gasteiger charge is -2.23. The lowest BCUT2D eigenvalue weighted by atomic mass is 10.0. The molecule has 20 heavy (non-hydrogen) atoms. The summed E-state index contributed by atoms with van der Waals surface area (Å²) in [4.78, 5) is 10.6. The molecule has 0 unspecified atom stereocenters. The van der Waals surface area contributed by atoms with E-state index in [2.05, 4.69) is 44.6 Å². The maximum Gasteiger partial charge on any atom is 0.239 e. The molecule has 5 nitrogen and oxygen atoms in total. The van der Waals surface area contributed by atoms with Gasteiger partial charge in [0.05, 0.1) is 6.20 Å². The number of nitrogen functional groups attached to an aromatic ring is 1. The molecular formula is C14H16ClN5. The van der Waals surface area contributed by atoms with Crippen LogP contribution in [0.2, 0.25) is 5.02 Å². The van der Waals surface area contributed by atoms with E-state index in [0.717, 1.165) is 31.7 Å². The second kappa shape index (κ2) is 5.64. The number of benzene rings is 1. The number of rotatable bonds is 2. The highest BCUT2D eigenvalue weighted by Crippen LogP contribution is 2.28. The summed E-state index contributed by atoms with van der Waals surface area (Å²) in [5.74, 6) is 6.47. The summed E-state index contributed by atoms with van der Waals surface area (Å²) in [6, 6.07) is 8.50. The van der Waals surface area contributed by atoms with Gasteiger partial charge in [0, 0.05) is 13.1 Å². The third kappa shape index (κ3) is 2.55. The first kappa shape index (κ1) is 13.1. The summed E-state index contributed by atoms with van der Waals surface area (Å²) >= 11 is 6.23. The average molecular weight is 290 g/mol. The number of fused-ring (bicyclic) bond motifs is 1. The number of hydrogen-bond acceptors (Lipinski definition) is 5. The Morgan fingerprint density at radius 1 is 1.25 bits per heavy atom. The van der Waals surface area contributed by atoms with Gasteiger partial charge in [-0.15, -0.1) is 0 Å². The number of nitrogens with one attached hydrogen (secondary N) is 1. The SMILES string of the molecule is NNc1ncc(Cl)c(N2CCCc3ccccc3C2)n1. The Labute approximate surface area is 122 Å². The van der Waals surface area contributed by atoms with Crippen molar-refractivity contribution in [3.63, 3.8) is 0 Å². The van der Waals surface area contributed by atoms with Crippen LogP contribution in [0.4, 0.5) is 11.8 Å². The molecule has 0 amide bonds. The molecule has 0 radical (unpaired) electrons. The molecule has 2 heterocycles. The lowest BCUT2D eigenvalue weighted by molar-refractivity contribution is 0.753. The Balaban J connectivity index is 1.95. The Kier molecular flexibility index (Phi) is 3.71. The summed E-state index contributed by atoms with van der Waals surface area (Å²) in [6.45, 7) is 1.71. The molecule has 0 saturated carbocycles. The summed E-state index contributed by atoms with van der Waals surface area (Å²) in [7, 11) is 0. The van der Waals surface area contributed by atoms with Gasteiger partial charge in [0.25, 0.3) is 0 Å². The van der Waals surface area contributed by atoms with Crippen LogP contribution >= 0.6 is 11.6 Å². The lowest BCUT2D eigenvalue weighted by Crippen LogP contribution is -2.25. The van der Waals surface area contributed by atoms with E-state index in [1.54, 1.807) is 6.20 Å². The van der Waals surface area contributed by atoms with Gasteiger partial charge in [0.15, 0.2) is 5.82 Å². The van der Waals surface area contributed by atoms with E-state index in [0.29, 0.717) is 11.0 Å². The number of aryl methyl sites for hydroxylation is 1. The summed E-state index contributed by atoms with van der Waals surface area (Å²) < 4.78 is 0. The monoisotopic (exact) mass is 289 g/mol. The van der Waals surface area contributed by atoms with Crippen molar-refractivity contribution in [2.75, 3.05) is 16.9 Å². The maximum atomic E-state index is 6.23. The van der Waals surface area contributed by atoms with E-state index in [1.807, 2.05) is 0 Å². The van der Waals surface area contributed by atoms with Crippen LogP contribution in [0.25, 0.3) is 0 Å². The first-order valence-electron chi connectivity index (χ1n) is 6.59. The number of aromatic nitrogens is 2. The molecule has 3 rings (SSSR count). The van der Waals surface area contributed by atoms with E-state index in [9.17, 15) is 0 Å². The number of nitrogens with two attached hydrogens (primary N) is 1. The van der Waals surface area contributed by atoms with Gasteiger partial charge in [-0.2, -0.15) is 4.98 Å². The number of hydrogen-bond donors (Lipinski definition) is 2. The van der Waals surface area contributed by atoms with Crippen molar-refractivity contribution < 1.29 is 0 Å². The topological polar surface area (TPSA) is 67.1 Å². The zero-order chi connectivity index (χ0) is 13.9. The molecule has 2 aromatic rings. The first-order chi connectivity index (χ1) is 9.78. The van der Waals surface area contributed by atoms with Crippen LogP contribution in [0.3, 0.4) is 0 Å². The fraction of sp³-hybridized carbons (Fsp3) is 0.286. The van der Waals surface area contributed by atoms with Gasteiger partial charge < -0.3 is 4.90 Å². The van der Waals surface area contributed by atoms with Gasteiger partial charge in [-0.25, -0.2) is 10.8 Å². The normalized spacial score (nSPS) is 14.6. The highest BCUT2D eigenvalue weighted by atomic mass is 35.5. The molecule has 1 aliphatic heterocycles. The van der Waals surface area contributed by atoms with Crippen LogP contribution in [0.1, 0.15) is 17.5 Å². The van der Waals surface area contributed by atoms with E-state index in [4.69, 9.17) is 17.4 Å². The van der Waals surface area contributed by atoms with Crippen molar-refractivity contribution in [2.24, 2.45) is 5.84 Å². The van der Waals surface area contributed by atoms with Gasteiger partial charge in [-0.3, -0.25) is 5.43 Å². The Morgan fingerprint density at radius 2 is 2.05 bits per heavy atom. The number of halogens is 1. The van der Waals surface area contributed by atoms with E-state index < -0.39 is 0 Å². The van der Waals surface area contributed by atoms with Crippen molar-refractivity contribution in [3.05, 3.63) is 46.6 Å². The highest BCUT2D eigenvalue weighted by molar-refractivity contribution is 6.32. The predicted octanol–water partition coefficient (Wildman–Crippen LogP) is 2.37. The Bertz CT molecular complexity index is 616. The molecule has 0 spiro atoms. The average Bonchev–Trinajstić information content (AvgIpc) is 2.70. The van der Waals surface area contributed by atoms with Crippen molar-refractivity contribution in [3.8, 4) is 0 Å². The minimum absolute atomic E-state index is 0.377. The zero-order valence-corrected chi connectivity index (χ0v) is 11.8. The van der Waals surface area contributed by atoms with Crippen molar-refractivity contribution >= 4 is 23.4 Å². The molecule has 0 saturated heterocycles. The van der Waals surface area contributed by atoms with Crippen LogP contribution in [-0.4, -0.2) is 16.5 Å². The standard InChI is InChI=1S/C14H16ClN5/c15-12-8-17-14(19-16)18-13(12)20-7-3-6-10-4-1-2-5-11(10)9-20/h1-2,4-5,8H,3,6-7,9,16H2,(H,17,18,19). The fourth-order valence-corrected chi connectivity index (χ4v) is 2.74. The van der Waals surface area contributed by atoms with Gasteiger partial charge in [0.2, 0.25) is 5.95 Å². The molecule has 1 aromatic carbocycles. The quantitative estimate of drug-likeness (QED) is 0.656. The van der Waals surface area contributed by atoms with Gasteiger partial charge in [-0.1, -0.05) is 35.9 Å². The molecule has 0 atom stereocenters. The van der Waals surface area contributed by atoms with Crippen molar-refractivity contribution in [2.45, 2.75) is 19.4 Å². The Morgan fingerprint density at radius 3 is 2.85 bits per heavy atom. The molecular weight excluding hydrogens is 274 g/mol. The molecule has 6 heteroatoms. The maximum absolute atomic E-state index is 6.23. The number of nitrogens with zero attached hydrogens (tertiary/aromatic N) is 3. The van der Waals surface area contributed by atoms with Crippen LogP contribution in [-0.2, 0) is 13.0 Å². The largest absolute Gasteiger partial charge is 0.351 e. The molecule has 104 valence electrons. The molecule has 0 fully saturated rings. The van der Waals surface area contributed by atoms with E-state index in [-0.39, 0.29) is 0 Å². The Hall–Kier alpha value is -1.85. The van der Waals surface area contributed by atoms with Crippen molar-refractivity contribution in [1.29, 1.82) is 0 Å². The number of anilines is 2. The second-order valence-corrected chi connectivity index (χ2v) is 5.21. The third-order valence-electron chi connectivity index (χ3n) is 3.51. The third-order valence-corrected chi connectivity index (χ3v) is 3.77. The van der Waals surface area contributed by atoms with Gasteiger partial charge in [-0.05, 0) is 24.0 Å². The minimum Gasteiger partial charge on any atom is -0.351 e. The molecule has 0 bridgehead atoms. The van der Waals surface area contributed by atoms with E-state index >= 15 is 0 Å². The highest BCUT2D eigenvalue weighted by Gasteiger charge is 2.18. The minimum atomic E-state index is 0.377. The van der Waals surface area contributed by atoms with Gasteiger partial charge in [0.1, 0.15) is 5.02 Å². The zero-order valence-electron chi connectivity index (χ0n) is 11.0. The molecule has 3 N–H and O–H groups in total. The second-order valence-electron chi connectivity index (χ2n) is 4.80. The van der Waals surface area contributed by atoms with Crippen LogP contribution in [0.15, 0.2) is 30.5 Å².